The molecule has 132 valence electrons. The number of hydrogen-bond donors (Lipinski definition) is 2. The van der Waals surface area contributed by atoms with Gasteiger partial charge in [-0.15, -0.1) is 0 Å². The average Bonchev–Trinajstić information content (AvgIpc) is 3.03. The lowest BCUT2D eigenvalue weighted by atomic mass is 9.87. The van der Waals surface area contributed by atoms with Gasteiger partial charge in [-0.2, -0.15) is 0 Å². The summed E-state index contributed by atoms with van der Waals surface area (Å²) < 4.78 is 19.2. The highest BCUT2D eigenvalue weighted by molar-refractivity contribution is 5.70. The molecule has 3 rings (SSSR count). The van der Waals surface area contributed by atoms with Crippen LogP contribution < -0.4 is 10.2 Å². The Bertz CT molecular complexity index is 588. The van der Waals surface area contributed by atoms with Gasteiger partial charge in [0.1, 0.15) is 5.82 Å². The molecule has 0 unspecified atom stereocenters. The van der Waals surface area contributed by atoms with Gasteiger partial charge in [-0.05, 0) is 30.5 Å². The number of methoxy groups -OCH3 is 1. The van der Waals surface area contributed by atoms with Crippen LogP contribution in [0.3, 0.4) is 0 Å². The summed E-state index contributed by atoms with van der Waals surface area (Å²) in [7, 11) is 1.71. The Morgan fingerprint density at radius 2 is 2.12 bits per heavy atom. The Balaban J connectivity index is 1.83. The van der Waals surface area contributed by atoms with E-state index in [9.17, 15) is 9.18 Å². The summed E-state index contributed by atoms with van der Waals surface area (Å²) in [6.45, 7) is 3.75. The topological polar surface area (TPSA) is 61.8 Å². The van der Waals surface area contributed by atoms with E-state index in [2.05, 4.69) is 10.2 Å². The Morgan fingerprint density at radius 1 is 1.38 bits per heavy atom. The number of aliphatic carboxylic acids is 1. The van der Waals surface area contributed by atoms with Crippen molar-refractivity contribution in [2.24, 2.45) is 11.8 Å². The molecule has 0 aliphatic carbocycles. The number of carbonyl (C=O) groups is 1. The summed E-state index contributed by atoms with van der Waals surface area (Å²) in [5, 5.41) is 12.6. The van der Waals surface area contributed by atoms with Crippen molar-refractivity contribution in [3.63, 3.8) is 0 Å². The van der Waals surface area contributed by atoms with E-state index in [-0.39, 0.29) is 17.7 Å². The van der Waals surface area contributed by atoms with Crippen molar-refractivity contribution in [3.05, 3.63) is 29.6 Å². The van der Waals surface area contributed by atoms with E-state index in [0.29, 0.717) is 38.5 Å². The number of rotatable bonds is 5. The second-order valence-electron chi connectivity index (χ2n) is 6.78. The maximum atomic E-state index is 13.9. The first-order valence-electron chi connectivity index (χ1n) is 8.57. The quantitative estimate of drug-likeness (QED) is 0.862. The first kappa shape index (κ1) is 17.2. The molecule has 1 aromatic carbocycles. The van der Waals surface area contributed by atoms with Gasteiger partial charge in [-0.1, -0.05) is 6.07 Å². The molecule has 2 aliphatic rings. The molecule has 0 aromatic heterocycles. The Kier molecular flexibility index (Phi) is 5.36. The number of halogens is 1. The zero-order chi connectivity index (χ0) is 17.1. The molecule has 6 heteroatoms. The molecule has 2 N–H and O–H groups in total. The van der Waals surface area contributed by atoms with Gasteiger partial charge < -0.3 is 20.1 Å². The summed E-state index contributed by atoms with van der Waals surface area (Å²) in [6.07, 6.45) is 1.21. The molecule has 2 atom stereocenters. The van der Waals surface area contributed by atoms with Crippen molar-refractivity contribution in [3.8, 4) is 0 Å². The monoisotopic (exact) mass is 336 g/mol. The van der Waals surface area contributed by atoms with Crippen molar-refractivity contribution in [1.82, 2.24) is 5.32 Å². The molecular formula is C18H25FN2O3. The predicted octanol–water partition coefficient (Wildman–Crippen LogP) is 2.08. The zero-order valence-electron chi connectivity index (χ0n) is 14.0. The summed E-state index contributed by atoms with van der Waals surface area (Å²) >= 11 is 0. The summed E-state index contributed by atoms with van der Waals surface area (Å²) in [4.78, 5) is 13.3. The molecule has 2 saturated heterocycles. The molecule has 2 fully saturated rings. The molecule has 0 radical (unpaired) electrons. The van der Waals surface area contributed by atoms with Crippen LogP contribution in [0.25, 0.3) is 0 Å². The second kappa shape index (κ2) is 7.49. The van der Waals surface area contributed by atoms with E-state index in [4.69, 9.17) is 9.84 Å². The van der Waals surface area contributed by atoms with Gasteiger partial charge in [-0.3, -0.25) is 4.79 Å². The third kappa shape index (κ3) is 3.54. The molecule has 5 nitrogen and oxygen atoms in total. The number of carboxylic acid groups (broad SMARTS) is 1. The third-order valence-corrected chi connectivity index (χ3v) is 5.30. The summed E-state index contributed by atoms with van der Waals surface area (Å²) in [6, 6.07) is 5.00. The minimum Gasteiger partial charge on any atom is -0.481 e. The van der Waals surface area contributed by atoms with Gasteiger partial charge >= 0.3 is 5.97 Å². The summed E-state index contributed by atoms with van der Waals surface area (Å²) in [5.74, 6) is -0.598. The molecule has 2 aliphatic heterocycles. The van der Waals surface area contributed by atoms with E-state index in [1.165, 1.54) is 6.07 Å². The fourth-order valence-corrected chi connectivity index (χ4v) is 3.96. The smallest absolute Gasteiger partial charge is 0.306 e. The SMILES string of the molecule is COC[C@H]1CNC[C@@H]1c1ccc(F)cc1N1CCC(C(=O)O)CC1. The van der Waals surface area contributed by atoms with Crippen LogP contribution in [0.5, 0.6) is 0 Å². The third-order valence-electron chi connectivity index (χ3n) is 5.30. The van der Waals surface area contributed by atoms with Gasteiger partial charge in [-0.25, -0.2) is 4.39 Å². The highest BCUT2D eigenvalue weighted by atomic mass is 19.1. The summed E-state index contributed by atoms with van der Waals surface area (Å²) in [5.41, 5.74) is 2.05. The molecule has 0 saturated carbocycles. The second-order valence-corrected chi connectivity index (χ2v) is 6.78. The van der Waals surface area contributed by atoms with Crippen molar-refractivity contribution in [2.75, 3.05) is 44.8 Å². The van der Waals surface area contributed by atoms with Gasteiger partial charge in [0.2, 0.25) is 0 Å². The van der Waals surface area contributed by atoms with Crippen LogP contribution in [0.2, 0.25) is 0 Å². The number of hydrogen-bond acceptors (Lipinski definition) is 4. The Labute approximate surface area is 141 Å². The Hall–Kier alpha value is -1.66. The molecule has 0 amide bonds. The van der Waals surface area contributed by atoms with Crippen LogP contribution in [-0.4, -0.2) is 51.0 Å². The first-order valence-corrected chi connectivity index (χ1v) is 8.57. The largest absolute Gasteiger partial charge is 0.481 e. The highest BCUT2D eigenvalue weighted by Crippen LogP contribution is 2.37. The fraction of sp³-hybridized carbons (Fsp3) is 0.611. The van der Waals surface area contributed by atoms with E-state index < -0.39 is 5.97 Å². The van der Waals surface area contributed by atoms with E-state index in [0.717, 1.165) is 24.3 Å². The standard InChI is InChI=1S/C18H25FN2O3/c1-24-11-13-9-20-10-16(13)15-3-2-14(19)8-17(15)21-6-4-12(5-7-21)18(22)23/h2-3,8,12-13,16,20H,4-7,9-11H2,1H3,(H,22,23)/t13-,16+/m1/s1. The number of nitrogens with zero attached hydrogens (tertiary/aromatic N) is 1. The van der Waals surface area contributed by atoms with Crippen molar-refractivity contribution < 1.29 is 19.0 Å². The fourth-order valence-electron chi connectivity index (χ4n) is 3.96. The number of carboxylic acids is 1. The van der Waals surface area contributed by atoms with Crippen LogP contribution in [0.1, 0.15) is 24.3 Å². The zero-order valence-corrected chi connectivity index (χ0v) is 14.0. The lowest BCUT2D eigenvalue weighted by molar-refractivity contribution is -0.142. The van der Waals surface area contributed by atoms with Crippen molar-refractivity contribution >= 4 is 11.7 Å². The van der Waals surface area contributed by atoms with Gasteiger partial charge in [0.25, 0.3) is 0 Å². The normalized spacial score (nSPS) is 25.2. The lowest BCUT2D eigenvalue weighted by Gasteiger charge is -2.35. The molecule has 24 heavy (non-hydrogen) atoms. The molecule has 0 bridgehead atoms. The van der Waals surface area contributed by atoms with Crippen molar-refractivity contribution in [1.29, 1.82) is 0 Å². The highest BCUT2D eigenvalue weighted by Gasteiger charge is 2.32. The minimum atomic E-state index is -0.728. The number of benzene rings is 1. The average molecular weight is 336 g/mol. The molecular weight excluding hydrogens is 311 g/mol. The van der Waals surface area contributed by atoms with E-state index in [1.807, 2.05) is 6.07 Å². The first-order chi connectivity index (χ1) is 11.6. The van der Waals surface area contributed by atoms with Crippen LogP contribution in [0.15, 0.2) is 18.2 Å². The minimum absolute atomic E-state index is 0.247. The predicted molar refractivity (Wildman–Crippen MR) is 89.9 cm³/mol. The maximum Gasteiger partial charge on any atom is 0.306 e. The van der Waals surface area contributed by atoms with Crippen LogP contribution >= 0.6 is 0 Å². The number of piperidine rings is 1. The lowest BCUT2D eigenvalue weighted by Crippen LogP contribution is -2.37. The molecule has 0 spiro atoms. The maximum absolute atomic E-state index is 13.9. The number of anilines is 1. The van der Waals surface area contributed by atoms with Gasteiger partial charge in [0.05, 0.1) is 12.5 Å². The van der Waals surface area contributed by atoms with Crippen LogP contribution in [0.4, 0.5) is 10.1 Å². The van der Waals surface area contributed by atoms with Crippen molar-refractivity contribution in [2.45, 2.75) is 18.8 Å². The molecule has 2 heterocycles. The molecule has 1 aromatic rings. The van der Waals surface area contributed by atoms with Crippen LogP contribution in [-0.2, 0) is 9.53 Å². The number of nitrogens with one attached hydrogen (secondary N) is 1. The Morgan fingerprint density at radius 3 is 2.79 bits per heavy atom. The van der Waals surface area contributed by atoms with Gasteiger partial charge in [0, 0.05) is 50.8 Å². The van der Waals surface area contributed by atoms with E-state index in [1.54, 1.807) is 13.2 Å². The van der Waals surface area contributed by atoms with Gasteiger partial charge in [0.15, 0.2) is 0 Å². The van der Waals surface area contributed by atoms with Crippen LogP contribution in [0, 0.1) is 17.7 Å². The number of ether oxygens (including phenoxy) is 1. The van der Waals surface area contributed by atoms with E-state index >= 15 is 0 Å².